The van der Waals surface area contributed by atoms with Gasteiger partial charge in [0.25, 0.3) is 5.89 Å². The van der Waals surface area contributed by atoms with Crippen molar-refractivity contribution in [2.75, 3.05) is 0 Å². The first-order chi connectivity index (χ1) is 9.58. The van der Waals surface area contributed by atoms with Crippen molar-refractivity contribution >= 4 is 15.9 Å². The van der Waals surface area contributed by atoms with Gasteiger partial charge < -0.3 is 10.3 Å². The van der Waals surface area contributed by atoms with E-state index in [1.807, 2.05) is 0 Å². The standard InChI is InChI=1S/C14H15BrFN3O/c15-10-5-4-9(8-11(10)16)12-18-13(19-20-12)14(17)6-2-1-3-7-14/h4-5,8H,1-3,6-7,17H2. The first-order valence-electron chi connectivity index (χ1n) is 6.67. The minimum absolute atomic E-state index is 0.307. The molecule has 1 saturated carbocycles. The van der Waals surface area contributed by atoms with Gasteiger partial charge in [-0.1, -0.05) is 24.4 Å². The maximum Gasteiger partial charge on any atom is 0.258 e. The van der Waals surface area contributed by atoms with Gasteiger partial charge in [0, 0.05) is 5.56 Å². The van der Waals surface area contributed by atoms with Crippen LogP contribution in [0.1, 0.15) is 37.9 Å². The van der Waals surface area contributed by atoms with Crippen molar-refractivity contribution in [3.8, 4) is 11.5 Å². The van der Waals surface area contributed by atoms with Crippen molar-refractivity contribution < 1.29 is 8.91 Å². The zero-order valence-corrected chi connectivity index (χ0v) is 12.5. The van der Waals surface area contributed by atoms with E-state index in [4.69, 9.17) is 10.3 Å². The Bertz CT molecular complexity index is 623. The molecule has 0 amide bonds. The molecule has 106 valence electrons. The van der Waals surface area contributed by atoms with Gasteiger partial charge in [-0.3, -0.25) is 0 Å². The fourth-order valence-electron chi connectivity index (χ4n) is 2.58. The van der Waals surface area contributed by atoms with Gasteiger partial charge in [0.15, 0.2) is 5.82 Å². The normalized spacial score (nSPS) is 18.1. The van der Waals surface area contributed by atoms with Crippen LogP contribution in [0.25, 0.3) is 11.5 Å². The molecule has 4 nitrogen and oxygen atoms in total. The Morgan fingerprint density at radius 2 is 2.00 bits per heavy atom. The molecule has 1 heterocycles. The highest BCUT2D eigenvalue weighted by Crippen LogP contribution is 2.34. The van der Waals surface area contributed by atoms with Gasteiger partial charge >= 0.3 is 0 Å². The molecule has 20 heavy (non-hydrogen) atoms. The van der Waals surface area contributed by atoms with Gasteiger partial charge in [0.2, 0.25) is 0 Å². The summed E-state index contributed by atoms with van der Waals surface area (Å²) in [5.41, 5.74) is 6.41. The van der Waals surface area contributed by atoms with Crippen molar-refractivity contribution in [3.63, 3.8) is 0 Å². The van der Waals surface area contributed by atoms with Gasteiger partial charge in [-0.15, -0.1) is 0 Å². The zero-order valence-electron chi connectivity index (χ0n) is 10.9. The average Bonchev–Trinajstić information content (AvgIpc) is 2.93. The molecule has 6 heteroatoms. The SMILES string of the molecule is NC1(c2noc(-c3ccc(Br)c(F)c3)n2)CCCCC1. The molecule has 0 aliphatic heterocycles. The first kappa shape index (κ1) is 13.7. The lowest BCUT2D eigenvalue weighted by molar-refractivity contribution is 0.275. The summed E-state index contributed by atoms with van der Waals surface area (Å²) in [5, 5.41) is 3.99. The third kappa shape index (κ3) is 2.50. The fourth-order valence-corrected chi connectivity index (χ4v) is 2.83. The van der Waals surface area contributed by atoms with Gasteiger partial charge in [0.1, 0.15) is 5.82 Å². The summed E-state index contributed by atoms with van der Waals surface area (Å²) in [6, 6.07) is 4.72. The molecule has 0 bridgehead atoms. The van der Waals surface area contributed by atoms with Crippen LogP contribution in [0.2, 0.25) is 0 Å². The second-order valence-electron chi connectivity index (χ2n) is 5.27. The second-order valence-corrected chi connectivity index (χ2v) is 6.12. The van der Waals surface area contributed by atoms with Crippen LogP contribution >= 0.6 is 15.9 Å². The van der Waals surface area contributed by atoms with E-state index in [0.717, 1.165) is 25.7 Å². The molecule has 1 aromatic carbocycles. The molecule has 1 aliphatic rings. The Hall–Kier alpha value is -1.27. The predicted molar refractivity (Wildman–Crippen MR) is 76.3 cm³/mol. The van der Waals surface area contributed by atoms with Crippen LogP contribution < -0.4 is 5.73 Å². The highest BCUT2D eigenvalue weighted by molar-refractivity contribution is 9.10. The van der Waals surface area contributed by atoms with Crippen molar-refractivity contribution in [2.45, 2.75) is 37.6 Å². The van der Waals surface area contributed by atoms with Crippen molar-refractivity contribution in [1.82, 2.24) is 10.1 Å². The van der Waals surface area contributed by atoms with Gasteiger partial charge in [-0.25, -0.2) is 4.39 Å². The van der Waals surface area contributed by atoms with Crippen LogP contribution in [-0.2, 0) is 5.54 Å². The fraction of sp³-hybridized carbons (Fsp3) is 0.429. The molecule has 1 aliphatic carbocycles. The lowest BCUT2D eigenvalue weighted by Crippen LogP contribution is -2.39. The van der Waals surface area contributed by atoms with E-state index >= 15 is 0 Å². The van der Waals surface area contributed by atoms with E-state index in [0.29, 0.717) is 21.8 Å². The Kier molecular flexibility index (Phi) is 3.60. The molecule has 2 N–H and O–H groups in total. The molecule has 0 spiro atoms. The van der Waals surface area contributed by atoms with Crippen LogP contribution in [0, 0.1) is 5.82 Å². The molecule has 0 saturated heterocycles. The van der Waals surface area contributed by atoms with E-state index in [-0.39, 0.29) is 5.82 Å². The summed E-state index contributed by atoms with van der Waals surface area (Å²) < 4.78 is 19.2. The maximum absolute atomic E-state index is 13.5. The Labute approximate surface area is 124 Å². The molecule has 2 aromatic rings. The minimum Gasteiger partial charge on any atom is -0.334 e. The van der Waals surface area contributed by atoms with Crippen LogP contribution in [0.4, 0.5) is 4.39 Å². The second kappa shape index (κ2) is 5.26. The molecule has 1 aromatic heterocycles. The first-order valence-corrected chi connectivity index (χ1v) is 7.46. The van der Waals surface area contributed by atoms with Crippen LogP contribution in [-0.4, -0.2) is 10.1 Å². The summed E-state index contributed by atoms with van der Waals surface area (Å²) >= 11 is 3.12. The van der Waals surface area contributed by atoms with Gasteiger partial charge in [-0.05, 0) is 47.0 Å². The van der Waals surface area contributed by atoms with Gasteiger partial charge in [0.05, 0.1) is 10.0 Å². The summed E-state index contributed by atoms with van der Waals surface area (Å²) in [6.45, 7) is 0. The van der Waals surface area contributed by atoms with Crippen LogP contribution in [0.3, 0.4) is 0 Å². The quantitative estimate of drug-likeness (QED) is 0.904. The highest BCUT2D eigenvalue weighted by Gasteiger charge is 2.34. The van der Waals surface area contributed by atoms with E-state index < -0.39 is 5.54 Å². The van der Waals surface area contributed by atoms with E-state index in [1.54, 1.807) is 12.1 Å². The molecule has 3 rings (SSSR count). The lowest BCUT2D eigenvalue weighted by atomic mass is 9.82. The summed E-state index contributed by atoms with van der Waals surface area (Å²) in [5.74, 6) is 0.472. The number of benzene rings is 1. The molecule has 0 radical (unpaired) electrons. The zero-order chi connectivity index (χ0) is 14.2. The van der Waals surface area contributed by atoms with E-state index in [2.05, 4.69) is 26.1 Å². The number of halogens is 2. The third-order valence-electron chi connectivity index (χ3n) is 3.78. The monoisotopic (exact) mass is 339 g/mol. The van der Waals surface area contributed by atoms with Crippen LogP contribution in [0.15, 0.2) is 27.2 Å². The number of rotatable bonds is 2. The summed E-state index contributed by atoms with van der Waals surface area (Å²) in [6.07, 6.45) is 5.07. The number of hydrogen-bond donors (Lipinski definition) is 1. The number of aromatic nitrogens is 2. The Morgan fingerprint density at radius 1 is 1.25 bits per heavy atom. The van der Waals surface area contributed by atoms with Gasteiger partial charge in [-0.2, -0.15) is 4.98 Å². The maximum atomic E-state index is 13.5. The summed E-state index contributed by atoms with van der Waals surface area (Å²) in [7, 11) is 0. The Morgan fingerprint density at radius 3 is 2.70 bits per heavy atom. The topological polar surface area (TPSA) is 64.9 Å². The predicted octanol–water partition coefficient (Wildman–Crippen LogP) is 3.76. The number of nitrogens with two attached hydrogens (primary N) is 1. The minimum atomic E-state index is -0.506. The smallest absolute Gasteiger partial charge is 0.258 e. The van der Waals surface area contributed by atoms with Crippen molar-refractivity contribution in [3.05, 3.63) is 34.3 Å². The van der Waals surface area contributed by atoms with E-state index in [1.165, 1.54) is 12.5 Å². The lowest BCUT2D eigenvalue weighted by Gasteiger charge is -2.29. The largest absolute Gasteiger partial charge is 0.334 e. The Balaban J connectivity index is 1.91. The van der Waals surface area contributed by atoms with Crippen molar-refractivity contribution in [2.24, 2.45) is 5.73 Å². The molecule has 1 fully saturated rings. The highest BCUT2D eigenvalue weighted by atomic mass is 79.9. The average molecular weight is 340 g/mol. The summed E-state index contributed by atoms with van der Waals surface area (Å²) in [4.78, 5) is 4.36. The third-order valence-corrected chi connectivity index (χ3v) is 4.43. The van der Waals surface area contributed by atoms with E-state index in [9.17, 15) is 4.39 Å². The van der Waals surface area contributed by atoms with Crippen LogP contribution in [0.5, 0.6) is 0 Å². The van der Waals surface area contributed by atoms with Crippen molar-refractivity contribution in [1.29, 1.82) is 0 Å². The molecule has 0 unspecified atom stereocenters. The molecular formula is C14H15BrFN3O. The number of nitrogens with zero attached hydrogens (tertiary/aromatic N) is 2. The molecular weight excluding hydrogens is 325 g/mol. The number of hydrogen-bond acceptors (Lipinski definition) is 4. The molecule has 0 atom stereocenters.